The van der Waals surface area contributed by atoms with Gasteiger partial charge in [-0.15, -0.1) is 4.91 Å². The highest BCUT2D eigenvalue weighted by Crippen LogP contribution is 2.28. The largest absolute Gasteiger partial charge is 0.354 e. The van der Waals surface area contributed by atoms with Crippen molar-refractivity contribution in [3.8, 4) is 0 Å². The summed E-state index contributed by atoms with van der Waals surface area (Å²) < 4.78 is 5.03. The monoisotopic (exact) mass is 204 g/mol. The van der Waals surface area contributed by atoms with E-state index < -0.39 is 0 Å². The fraction of sp³-hybridized carbons (Fsp3) is 0.364. The van der Waals surface area contributed by atoms with Crippen LogP contribution in [-0.2, 0) is 0 Å². The summed E-state index contributed by atoms with van der Waals surface area (Å²) in [4.78, 5) is 10.4. The molecule has 2 aromatic rings. The van der Waals surface area contributed by atoms with Gasteiger partial charge in [0.05, 0.1) is 5.39 Å². The lowest BCUT2D eigenvalue weighted by atomic mass is 9.98. The van der Waals surface area contributed by atoms with Gasteiger partial charge >= 0.3 is 0 Å². The van der Waals surface area contributed by atoms with Crippen LogP contribution in [0.25, 0.3) is 11.0 Å². The van der Waals surface area contributed by atoms with E-state index in [2.05, 4.69) is 24.2 Å². The predicted molar refractivity (Wildman–Crippen MR) is 58.2 cm³/mol. The Hall–Kier alpha value is -1.71. The molecule has 0 fully saturated rings. The molecule has 1 atom stereocenters. The van der Waals surface area contributed by atoms with Gasteiger partial charge in [-0.3, -0.25) is 0 Å². The van der Waals surface area contributed by atoms with E-state index in [-0.39, 0.29) is 5.82 Å². The number of hydrogen-bond acceptors (Lipinski definition) is 4. The summed E-state index contributed by atoms with van der Waals surface area (Å²) in [5.74, 6) is 0.604. The van der Waals surface area contributed by atoms with Crippen molar-refractivity contribution in [1.82, 2.24) is 5.16 Å². The molecule has 4 nitrogen and oxygen atoms in total. The third kappa shape index (κ3) is 1.63. The molecule has 1 aromatic carbocycles. The second-order valence-electron chi connectivity index (χ2n) is 3.66. The lowest BCUT2D eigenvalue weighted by molar-refractivity contribution is 0.458. The molecule has 0 radical (unpaired) electrons. The van der Waals surface area contributed by atoms with Gasteiger partial charge in [-0.1, -0.05) is 25.1 Å². The summed E-state index contributed by atoms with van der Waals surface area (Å²) in [6.07, 6.45) is 1.07. The Morgan fingerprint density at radius 3 is 3.00 bits per heavy atom. The van der Waals surface area contributed by atoms with Crippen LogP contribution in [0.15, 0.2) is 27.9 Å². The van der Waals surface area contributed by atoms with Gasteiger partial charge in [-0.25, -0.2) is 0 Å². The smallest absolute Gasteiger partial charge is 0.246 e. The van der Waals surface area contributed by atoms with Crippen LogP contribution in [0.4, 0.5) is 5.82 Å². The first-order valence-electron chi connectivity index (χ1n) is 4.99. The maximum atomic E-state index is 10.4. The van der Waals surface area contributed by atoms with Crippen molar-refractivity contribution >= 4 is 16.8 Å². The first-order chi connectivity index (χ1) is 7.26. The second-order valence-corrected chi connectivity index (χ2v) is 3.66. The van der Waals surface area contributed by atoms with Crippen molar-refractivity contribution in [1.29, 1.82) is 0 Å². The summed E-state index contributed by atoms with van der Waals surface area (Å²) in [6, 6.07) is 5.75. The van der Waals surface area contributed by atoms with Crippen molar-refractivity contribution in [3.63, 3.8) is 0 Å². The van der Waals surface area contributed by atoms with Crippen LogP contribution in [-0.4, -0.2) is 5.16 Å². The highest BCUT2D eigenvalue weighted by atomic mass is 16.5. The van der Waals surface area contributed by atoms with Gasteiger partial charge in [-0.2, -0.15) is 0 Å². The van der Waals surface area contributed by atoms with Gasteiger partial charge in [0.15, 0.2) is 5.58 Å². The molecule has 0 bridgehead atoms. The molecule has 1 heterocycles. The van der Waals surface area contributed by atoms with E-state index in [9.17, 15) is 4.91 Å². The number of nitroso groups, excluding NO2 is 1. The van der Waals surface area contributed by atoms with Crippen LogP contribution in [0.3, 0.4) is 0 Å². The predicted octanol–water partition coefficient (Wildman–Crippen LogP) is 3.74. The number of aromatic nitrogens is 1. The van der Waals surface area contributed by atoms with Gasteiger partial charge in [0.2, 0.25) is 5.82 Å². The summed E-state index contributed by atoms with van der Waals surface area (Å²) in [6.45, 7) is 4.28. The van der Waals surface area contributed by atoms with Crippen LogP contribution < -0.4 is 0 Å². The number of fused-ring (bicyclic) bond motifs is 1. The lowest BCUT2D eigenvalue weighted by Gasteiger charge is -2.07. The summed E-state index contributed by atoms with van der Waals surface area (Å²) in [5.41, 5.74) is 1.82. The fourth-order valence-electron chi connectivity index (χ4n) is 1.55. The maximum absolute atomic E-state index is 10.4. The zero-order valence-electron chi connectivity index (χ0n) is 8.73. The van der Waals surface area contributed by atoms with Crippen LogP contribution >= 0.6 is 0 Å². The Kier molecular flexibility index (Phi) is 2.49. The Morgan fingerprint density at radius 2 is 2.33 bits per heavy atom. The maximum Gasteiger partial charge on any atom is 0.246 e. The average Bonchev–Trinajstić information content (AvgIpc) is 2.69. The molecule has 1 aromatic heterocycles. The van der Waals surface area contributed by atoms with E-state index in [0.29, 0.717) is 16.9 Å². The van der Waals surface area contributed by atoms with Gasteiger partial charge < -0.3 is 4.52 Å². The minimum Gasteiger partial charge on any atom is -0.354 e. The van der Waals surface area contributed by atoms with Gasteiger partial charge in [0, 0.05) is 0 Å². The van der Waals surface area contributed by atoms with Crippen molar-refractivity contribution in [2.45, 2.75) is 26.2 Å². The normalized spacial score (nSPS) is 12.9. The van der Waals surface area contributed by atoms with Gasteiger partial charge in [0.1, 0.15) is 0 Å². The Bertz CT molecular complexity index is 490. The Balaban J connectivity index is 2.53. The van der Waals surface area contributed by atoms with Crippen molar-refractivity contribution in [2.75, 3.05) is 0 Å². The van der Waals surface area contributed by atoms with E-state index in [1.54, 1.807) is 0 Å². The van der Waals surface area contributed by atoms with E-state index in [1.807, 2.05) is 18.2 Å². The topological polar surface area (TPSA) is 55.5 Å². The molecule has 0 amide bonds. The molecule has 4 heteroatoms. The van der Waals surface area contributed by atoms with E-state index in [1.165, 1.54) is 5.56 Å². The molecular weight excluding hydrogens is 192 g/mol. The molecule has 1 unspecified atom stereocenters. The van der Waals surface area contributed by atoms with Crippen LogP contribution in [0.1, 0.15) is 31.7 Å². The number of rotatable bonds is 3. The minimum absolute atomic E-state index is 0.126. The molecule has 0 saturated heterocycles. The fourth-order valence-corrected chi connectivity index (χ4v) is 1.55. The Morgan fingerprint density at radius 1 is 1.53 bits per heavy atom. The Labute approximate surface area is 87.2 Å². The van der Waals surface area contributed by atoms with E-state index in [0.717, 1.165) is 6.42 Å². The first kappa shape index (κ1) is 9.83. The van der Waals surface area contributed by atoms with E-state index in [4.69, 9.17) is 4.52 Å². The molecule has 0 N–H and O–H groups in total. The minimum atomic E-state index is 0.126. The molecule has 15 heavy (non-hydrogen) atoms. The van der Waals surface area contributed by atoms with Crippen LogP contribution in [0, 0.1) is 4.91 Å². The number of hydrogen-bond donors (Lipinski definition) is 0. The highest BCUT2D eigenvalue weighted by Gasteiger charge is 2.10. The summed E-state index contributed by atoms with van der Waals surface area (Å²) in [5, 5.41) is 7.06. The zero-order chi connectivity index (χ0) is 10.8. The highest BCUT2D eigenvalue weighted by molar-refractivity contribution is 5.86. The third-order valence-corrected chi connectivity index (χ3v) is 2.74. The van der Waals surface area contributed by atoms with Crippen molar-refractivity contribution in [2.24, 2.45) is 5.18 Å². The molecule has 0 aliphatic heterocycles. The molecule has 0 spiro atoms. The number of nitrogens with zero attached hydrogens (tertiary/aromatic N) is 2. The van der Waals surface area contributed by atoms with Crippen LogP contribution in [0.2, 0.25) is 0 Å². The molecule has 0 aliphatic rings. The average molecular weight is 204 g/mol. The summed E-state index contributed by atoms with van der Waals surface area (Å²) in [7, 11) is 0. The standard InChI is InChI=1S/C11H12N2O2/c1-3-7(2)8-4-5-9-10(6-8)15-13-11(9)12-14/h4-7H,3H2,1-2H3. The van der Waals surface area contributed by atoms with Gasteiger partial charge in [-0.05, 0) is 35.2 Å². The van der Waals surface area contributed by atoms with Gasteiger partial charge in [0.25, 0.3) is 0 Å². The second kappa shape index (κ2) is 3.81. The molecule has 2 rings (SSSR count). The SMILES string of the molecule is CCC(C)c1ccc2c(N=O)noc2c1. The molecule has 78 valence electrons. The molecule has 0 saturated carbocycles. The quantitative estimate of drug-likeness (QED) is 0.715. The van der Waals surface area contributed by atoms with E-state index >= 15 is 0 Å². The zero-order valence-corrected chi connectivity index (χ0v) is 8.73. The number of benzene rings is 1. The first-order valence-corrected chi connectivity index (χ1v) is 4.99. The third-order valence-electron chi connectivity index (χ3n) is 2.74. The van der Waals surface area contributed by atoms with Crippen LogP contribution in [0.5, 0.6) is 0 Å². The van der Waals surface area contributed by atoms with Crippen molar-refractivity contribution < 1.29 is 4.52 Å². The molecule has 0 aliphatic carbocycles. The lowest BCUT2D eigenvalue weighted by Crippen LogP contribution is -1.89. The summed E-state index contributed by atoms with van der Waals surface area (Å²) >= 11 is 0. The van der Waals surface area contributed by atoms with Crippen molar-refractivity contribution in [3.05, 3.63) is 28.7 Å². The molecular formula is C11H12N2O2.